The summed E-state index contributed by atoms with van der Waals surface area (Å²) in [5, 5.41) is 22.2. The van der Waals surface area contributed by atoms with Crippen molar-refractivity contribution in [2.24, 2.45) is 0 Å². The fourth-order valence-electron chi connectivity index (χ4n) is 6.87. The van der Waals surface area contributed by atoms with Crippen LogP contribution in [0, 0.1) is 12.7 Å². The molecular formula is C29H30FN3O6. The van der Waals surface area contributed by atoms with E-state index in [1.807, 2.05) is 0 Å². The van der Waals surface area contributed by atoms with Crippen molar-refractivity contribution in [2.75, 3.05) is 13.2 Å². The quantitative estimate of drug-likeness (QED) is 0.383. The largest absolute Gasteiger partial charge is 0.458 e. The van der Waals surface area contributed by atoms with Crippen LogP contribution < -0.4 is 5.56 Å². The molecule has 2 N–H and O–H groups in total. The molecular weight excluding hydrogens is 505 g/mol. The molecule has 3 unspecified atom stereocenters. The molecule has 4 aliphatic rings. The van der Waals surface area contributed by atoms with Crippen LogP contribution in [0.4, 0.5) is 4.39 Å². The van der Waals surface area contributed by atoms with Gasteiger partial charge in [0.1, 0.15) is 12.4 Å². The van der Waals surface area contributed by atoms with E-state index in [0.717, 1.165) is 29.4 Å². The van der Waals surface area contributed by atoms with E-state index in [2.05, 4.69) is 4.90 Å². The maximum atomic E-state index is 14.8. The van der Waals surface area contributed by atoms with Gasteiger partial charge in [0, 0.05) is 35.7 Å². The highest BCUT2D eigenvalue weighted by Gasteiger charge is 2.46. The maximum Gasteiger partial charge on any atom is 0.343 e. The number of benzene rings is 1. The minimum absolute atomic E-state index is 0.0354. The van der Waals surface area contributed by atoms with Crippen molar-refractivity contribution in [1.29, 1.82) is 0 Å². The van der Waals surface area contributed by atoms with Crippen LogP contribution in [-0.4, -0.2) is 62.0 Å². The minimum Gasteiger partial charge on any atom is -0.458 e. The first kappa shape index (κ1) is 24.8. The molecule has 10 heteroatoms. The number of aliphatic hydroxyl groups excluding tert-OH is 1. The number of hydrogen-bond donors (Lipinski definition) is 2. The molecule has 2 aromatic heterocycles. The molecule has 0 radical (unpaired) electrons. The molecule has 1 aromatic carbocycles. The van der Waals surface area contributed by atoms with Crippen LogP contribution in [0.5, 0.6) is 0 Å². The number of aliphatic hydroxyl groups is 2. The molecule has 9 nitrogen and oxygen atoms in total. The number of halogens is 1. The number of nitrogens with zero attached hydrogens (tertiary/aromatic N) is 3. The average molecular weight is 536 g/mol. The molecule has 0 aliphatic carbocycles. The first-order chi connectivity index (χ1) is 18.7. The number of esters is 1. The van der Waals surface area contributed by atoms with Gasteiger partial charge in [-0.1, -0.05) is 6.92 Å². The van der Waals surface area contributed by atoms with Gasteiger partial charge in [-0.25, -0.2) is 14.2 Å². The second-order valence-corrected chi connectivity index (χ2v) is 11.2. The third-order valence-electron chi connectivity index (χ3n) is 9.11. The Morgan fingerprint density at radius 1 is 1.21 bits per heavy atom. The van der Waals surface area contributed by atoms with Gasteiger partial charge in [-0.2, -0.15) is 0 Å². The van der Waals surface area contributed by atoms with E-state index in [1.54, 1.807) is 30.5 Å². The number of hydrogen-bond acceptors (Lipinski definition) is 8. The summed E-state index contributed by atoms with van der Waals surface area (Å²) in [6, 6.07) is 4.73. The van der Waals surface area contributed by atoms with Gasteiger partial charge in [-0.05, 0) is 49.4 Å². The number of carbonyl (C=O) groups excluding carboxylic acids is 1. The Morgan fingerprint density at radius 3 is 2.79 bits per heavy atom. The fraction of sp³-hybridized carbons (Fsp3) is 0.483. The predicted molar refractivity (Wildman–Crippen MR) is 138 cm³/mol. The standard InChI is InChI=1S/C29H30FN3O6/c1-3-29(37)20-7-23-26-18(11-33(23)27(35)19(20)13-38-28(29)36)17(16-6-14(2)21(30)8-22(16)31-26)10-32-9-15-4-5-25(39-15)24(32)12-34/h6-8,15,24-25,34,37H,3-5,9-13H2,1-2H3/t15?,24?,25?,29-/m0/s1. The van der Waals surface area contributed by atoms with Gasteiger partial charge in [0.2, 0.25) is 0 Å². The highest BCUT2D eigenvalue weighted by molar-refractivity contribution is 5.89. The second kappa shape index (κ2) is 8.66. The zero-order chi connectivity index (χ0) is 27.2. The number of fused-ring (bicyclic) bond motifs is 7. The molecule has 3 aromatic rings. The van der Waals surface area contributed by atoms with E-state index < -0.39 is 11.6 Å². The van der Waals surface area contributed by atoms with Crippen molar-refractivity contribution in [3.63, 3.8) is 0 Å². The van der Waals surface area contributed by atoms with E-state index in [0.29, 0.717) is 35.6 Å². The highest BCUT2D eigenvalue weighted by atomic mass is 19.1. The summed E-state index contributed by atoms with van der Waals surface area (Å²) in [4.78, 5) is 33.3. The van der Waals surface area contributed by atoms with Crippen LogP contribution in [0.3, 0.4) is 0 Å². The Hall–Kier alpha value is -3.18. The van der Waals surface area contributed by atoms with E-state index in [4.69, 9.17) is 14.5 Å². The molecule has 0 saturated carbocycles. The highest BCUT2D eigenvalue weighted by Crippen LogP contribution is 2.42. The average Bonchev–Trinajstić information content (AvgIpc) is 3.49. The number of pyridine rings is 2. The molecule has 0 spiro atoms. The third kappa shape index (κ3) is 3.48. The van der Waals surface area contributed by atoms with Crippen molar-refractivity contribution in [3.05, 3.63) is 62.2 Å². The third-order valence-corrected chi connectivity index (χ3v) is 9.11. The SMILES string of the molecule is CC[C@@]1(O)C(=O)OCc2c1cc1n(c2=O)Cc2c-1nc1cc(F)c(C)cc1c2CN1CC2CCC(O2)C1CO. The number of likely N-dealkylation sites (tertiary alicyclic amines) is 1. The predicted octanol–water partition coefficient (Wildman–Crippen LogP) is 2.25. The van der Waals surface area contributed by atoms with Crippen LogP contribution in [-0.2, 0) is 39.6 Å². The van der Waals surface area contributed by atoms with E-state index in [9.17, 15) is 24.2 Å². The smallest absolute Gasteiger partial charge is 0.343 e. The van der Waals surface area contributed by atoms with Gasteiger partial charge in [0.05, 0.1) is 53.9 Å². The summed E-state index contributed by atoms with van der Waals surface area (Å²) >= 11 is 0. The lowest BCUT2D eigenvalue weighted by Gasteiger charge is -2.39. The Kier molecular flexibility index (Phi) is 5.51. The number of carbonyl (C=O) groups is 1. The lowest BCUT2D eigenvalue weighted by atomic mass is 9.86. The number of rotatable bonds is 4. The zero-order valence-electron chi connectivity index (χ0n) is 21.9. The summed E-state index contributed by atoms with van der Waals surface area (Å²) in [5.41, 5.74) is 2.00. The molecule has 2 saturated heterocycles. The van der Waals surface area contributed by atoms with E-state index in [1.165, 1.54) is 6.07 Å². The number of aromatic nitrogens is 2. The molecule has 2 bridgehead atoms. The molecule has 6 heterocycles. The minimum atomic E-state index is -1.92. The van der Waals surface area contributed by atoms with Gasteiger partial charge in [0.25, 0.3) is 5.56 Å². The second-order valence-electron chi connectivity index (χ2n) is 11.2. The Bertz CT molecular complexity index is 1620. The molecule has 2 fully saturated rings. The molecule has 4 atom stereocenters. The van der Waals surface area contributed by atoms with Gasteiger partial charge in [-0.3, -0.25) is 9.69 Å². The normalized spacial score (nSPS) is 27.4. The van der Waals surface area contributed by atoms with Crippen molar-refractivity contribution >= 4 is 16.9 Å². The summed E-state index contributed by atoms with van der Waals surface area (Å²) in [5.74, 6) is -1.15. The van der Waals surface area contributed by atoms with Crippen LogP contribution in [0.25, 0.3) is 22.3 Å². The summed E-state index contributed by atoms with van der Waals surface area (Å²) < 4.78 is 27.6. The van der Waals surface area contributed by atoms with Gasteiger partial charge in [-0.15, -0.1) is 0 Å². The zero-order valence-corrected chi connectivity index (χ0v) is 21.9. The number of ether oxygens (including phenoxy) is 2. The van der Waals surface area contributed by atoms with Crippen molar-refractivity contribution in [1.82, 2.24) is 14.5 Å². The van der Waals surface area contributed by atoms with Crippen LogP contribution >= 0.6 is 0 Å². The number of aryl methyl sites for hydroxylation is 1. The topological polar surface area (TPSA) is 114 Å². The van der Waals surface area contributed by atoms with Crippen LogP contribution in [0.2, 0.25) is 0 Å². The van der Waals surface area contributed by atoms with E-state index in [-0.39, 0.29) is 66.9 Å². The Balaban J connectivity index is 1.44. The molecule has 39 heavy (non-hydrogen) atoms. The lowest BCUT2D eigenvalue weighted by molar-refractivity contribution is -0.172. The number of cyclic esters (lactones) is 1. The van der Waals surface area contributed by atoms with Gasteiger partial charge < -0.3 is 24.3 Å². The van der Waals surface area contributed by atoms with Crippen molar-refractivity contribution in [3.8, 4) is 11.4 Å². The fourth-order valence-corrected chi connectivity index (χ4v) is 6.87. The molecule has 0 amide bonds. The Morgan fingerprint density at radius 2 is 2.03 bits per heavy atom. The number of morpholine rings is 1. The monoisotopic (exact) mass is 535 g/mol. The van der Waals surface area contributed by atoms with Crippen LogP contribution in [0.15, 0.2) is 23.0 Å². The molecule has 204 valence electrons. The maximum absolute atomic E-state index is 14.8. The summed E-state index contributed by atoms with van der Waals surface area (Å²) in [7, 11) is 0. The summed E-state index contributed by atoms with van der Waals surface area (Å²) in [6.45, 7) is 4.55. The Labute approximate surface area is 223 Å². The van der Waals surface area contributed by atoms with Gasteiger partial charge in [0.15, 0.2) is 5.60 Å². The first-order valence-electron chi connectivity index (χ1n) is 13.5. The van der Waals surface area contributed by atoms with Gasteiger partial charge >= 0.3 is 5.97 Å². The first-order valence-corrected chi connectivity index (χ1v) is 13.5. The van der Waals surface area contributed by atoms with E-state index >= 15 is 0 Å². The summed E-state index contributed by atoms with van der Waals surface area (Å²) in [6.07, 6.45) is 1.97. The van der Waals surface area contributed by atoms with Crippen LogP contribution in [0.1, 0.15) is 54.0 Å². The van der Waals surface area contributed by atoms with Crippen molar-refractivity contribution < 1.29 is 28.9 Å². The molecule has 4 aliphatic heterocycles. The van der Waals surface area contributed by atoms with Crippen molar-refractivity contribution in [2.45, 2.75) is 76.7 Å². The molecule has 7 rings (SSSR count). The lowest BCUT2D eigenvalue weighted by Crippen LogP contribution is -2.52.